The number of methoxy groups -OCH3 is 1. The topological polar surface area (TPSA) is 41.6 Å². The Morgan fingerprint density at radius 1 is 1.38 bits per heavy atom. The maximum Gasteiger partial charge on any atom is 0.307 e. The van der Waals surface area contributed by atoms with Gasteiger partial charge in [0.1, 0.15) is 0 Å². The number of carbonyl (C=O) groups excluding carboxylic acids is 1. The van der Waals surface area contributed by atoms with Crippen molar-refractivity contribution in [1.29, 1.82) is 0 Å². The third-order valence-corrected chi connectivity index (χ3v) is 2.61. The summed E-state index contributed by atoms with van der Waals surface area (Å²) in [4.78, 5) is 13.4. The fourth-order valence-corrected chi connectivity index (χ4v) is 1.62. The van der Waals surface area contributed by atoms with E-state index in [1.807, 2.05) is 6.92 Å². The minimum Gasteiger partial charge on any atom is -0.469 e. The van der Waals surface area contributed by atoms with Crippen molar-refractivity contribution < 1.29 is 9.53 Å². The van der Waals surface area contributed by atoms with Gasteiger partial charge < -0.3 is 15.0 Å². The Balaban J connectivity index is 3.59. The van der Waals surface area contributed by atoms with Crippen molar-refractivity contribution in [2.24, 2.45) is 0 Å². The summed E-state index contributed by atoms with van der Waals surface area (Å²) in [6, 6.07) is 0.188. The molecule has 4 nitrogen and oxygen atoms in total. The molecule has 0 bridgehead atoms. The molecule has 96 valence electrons. The number of nitrogens with zero attached hydrogens (tertiary/aromatic N) is 1. The van der Waals surface area contributed by atoms with Crippen LogP contribution in [0.5, 0.6) is 0 Å². The second kappa shape index (κ2) is 9.60. The van der Waals surface area contributed by atoms with E-state index in [1.165, 1.54) is 13.5 Å². The molecule has 0 aliphatic heterocycles. The summed E-state index contributed by atoms with van der Waals surface area (Å²) in [7, 11) is 1.43. The van der Waals surface area contributed by atoms with Crippen LogP contribution in [0.3, 0.4) is 0 Å². The van der Waals surface area contributed by atoms with Crippen LogP contribution in [0.15, 0.2) is 0 Å². The lowest BCUT2D eigenvalue weighted by Gasteiger charge is -2.21. The molecule has 0 aromatic rings. The average Bonchev–Trinajstić information content (AvgIpc) is 2.27. The third kappa shape index (κ3) is 7.65. The first-order valence-corrected chi connectivity index (χ1v) is 6.16. The van der Waals surface area contributed by atoms with Crippen molar-refractivity contribution in [3.63, 3.8) is 0 Å². The molecule has 0 saturated heterocycles. The Kier molecular flexibility index (Phi) is 9.24. The van der Waals surface area contributed by atoms with Crippen LogP contribution < -0.4 is 5.32 Å². The van der Waals surface area contributed by atoms with Gasteiger partial charge in [-0.05, 0) is 26.4 Å². The molecule has 0 aliphatic carbocycles. The molecule has 0 spiro atoms. The fraction of sp³-hybridized carbons (Fsp3) is 0.917. The summed E-state index contributed by atoms with van der Waals surface area (Å²) in [5.41, 5.74) is 0. The molecule has 0 saturated carbocycles. The molecular formula is C12H26N2O2. The van der Waals surface area contributed by atoms with E-state index in [0.717, 1.165) is 26.2 Å². The zero-order valence-electron chi connectivity index (χ0n) is 11.1. The van der Waals surface area contributed by atoms with Crippen LogP contribution in [0.1, 0.15) is 33.6 Å². The lowest BCUT2D eigenvalue weighted by molar-refractivity contribution is -0.141. The van der Waals surface area contributed by atoms with Gasteiger partial charge in [0, 0.05) is 19.1 Å². The minimum atomic E-state index is -0.152. The van der Waals surface area contributed by atoms with Crippen molar-refractivity contribution in [3.8, 4) is 0 Å². The number of hydrogen-bond acceptors (Lipinski definition) is 4. The van der Waals surface area contributed by atoms with Crippen molar-refractivity contribution in [2.45, 2.75) is 39.7 Å². The molecule has 0 amide bonds. The van der Waals surface area contributed by atoms with Gasteiger partial charge in [-0.15, -0.1) is 0 Å². The molecule has 0 aromatic heterocycles. The zero-order valence-corrected chi connectivity index (χ0v) is 11.1. The SMILES string of the molecule is CCCN(CC)CCNC(C)CC(=O)OC. The van der Waals surface area contributed by atoms with Crippen molar-refractivity contribution >= 4 is 5.97 Å². The van der Waals surface area contributed by atoms with E-state index in [4.69, 9.17) is 0 Å². The van der Waals surface area contributed by atoms with Crippen LogP contribution in [0.2, 0.25) is 0 Å². The number of hydrogen-bond donors (Lipinski definition) is 1. The Morgan fingerprint density at radius 3 is 2.56 bits per heavy atom. The number of likely N-dealkylation sites (N-methyl/N-ethyl adjacent to an activating group) is 1. The maximum atomic E-state index is 11.0. The normalized spacial score (nSPS) is 12.8. The highest BCUT2D eigenvalue weighted by Crippen LogP contribution is 1.94. The molecule has 1 atom stereocenters. The highest BCUT2D eigenvalue weighted by atomic mass is 16.5. The second-order valence-corrected chi connectivity index (χ2v) is 4.07. The highest BCUT2D eigenvalue weighted by molar-refractivity contribution is 5.69. The minimum absolute atomic E-state index is 0.152. The number of rotatable bonds is 9. The lowest BCUT2D eigenvalue weighted by atomic mass is 10.2. The monoisotopic (exact) mass is 230 g/mol. The zero-order chi connectivity index (χ0) is 12.4. The van der Waals surface area contributed by atoms with E-state index < -0.39 is 0 Å². The summed E-state index contributed by atoms with van der Waals surface area (Å²) in [6.45, 7) is 10.6. The van der Waals surface area contributed by atoms with Gasteiger partial charge in [-0.25, -0.2) is 0 Å². The average molecular weight is 230 g/mol. The molecule has 0 rings (SSSR count). The molecule has 4 heteroatoms. The predicted octanol–water partition coefficient (Wildman–Crippen LogP) is 1.26. The molecule has 1 unspecified atom stereocenters. The van der Waals surface area contributed by atoms with Crippen molar-refractivity contribution in [3.05, 3.63) is 0 Å². The molecule has 16 heavy (non-hydrogen) atoms. The van der Waals surface area contributed by atoms with Crippen LogP contribution in [-0.2, 0) is 9.53 Å². The third-order valence-electron chi connectivity index (χ3n) is 2.61. The van der Waals surface area contributed by atoms with E-state index in [9.17, 15) is 4.79 Å². The Bertz CT molecular complexity index is 186. The van der Waals surface area contributed by atoms with E-state index in [-0.39, 0.29) is 12.0 Å². The van der Waals surface area contributed by atoms with Gasteiger partial charge >= 0.3 is 5.97 Å². The summed E-state index contributed by atoms with van der Waals surface area (Å²) in [5.74, 6) is -0.152. The quantitative estimate of drug-likeness (QED) is 0.606. The molecule has 0 aromatic carbocycles. The smallest absolute Gasteiger partial charge is 0.307 e. The van der Waals surface area contributed by atoms with Crippen LogP contribution >= 0.6 is 0 Å². The Hall–Kier alpha value is -0.610. The number of nitrogens with one attached hydrogen (secondary N) is 1. The van der Waals surface area contributed by atoms with Crippen LogP contribution in [-0.4, -0.2) is 50.2 Å². The molecular weight excluding hydrogens is 204 g/mol. The van der Waals surface area contributed by atoms with E-state index in [1.54, 1.807) is 0 Å². The number of esters is 1. The van der Waals surface area contributed by atoms with E-state index >= 15 is 0 Å². The van der Waals surface area contributed by atoms with Gasteiger partial charge in [0.2, 0.25) is 0 Å². The number of carbonyl (C=O) groups is 1. The summed E-state index contributed by atoms with van der Waals surface area (Å²) in [5, 5.41) is 3.33. The maximum absolute atomic E-state index is 11.0. The van der Waals surface area contributed by atoms with E-state index in [2.05, 4.69) is 28.8 Å². The van der Waals surface area contributed by atoms with Gasteiger partial charge in [-0.2, -0.15) is 0 Å². The molecule has 0 heterocycles. The van der Waals surface area contributed by atoms with Crippen molar-refractivity contribution in [2.75, 3.05) is 33.3 Å². The van der Waals surface area contributed by atoms with Gasteiger partial charge in [-0.3, -0.25) is 4.79 Å². The van der Waals surface area contributed by atoms with Crippen LogP contribution in [0.4, 0.5) is 0 Å². The largest absolute Gasteiger partial charge is 0.469 e. The molecule has 0 fully saturated rings. The first-order valence-electron chi connectivity index (χ1n) is 6.16. The van der Waals surface area contributed by atoms with Crippen LogP contribution in [0, 0.1) is 0 Å². The van der Waals surface area contributed by atoms with Crippen molar-refractivity contribution in [1.82, 2.24) is 10.2 Å². The van der Waals surface area contributed by atoms with Gasteiger partial charge in [-0.1, -0.05) is 13.8 Å². The first kappa shape index (κ1) is 15.4. The predicted molar refractivity (Wildman–Crippen MR) is 66.5 cm³/mol. The standard InChI is InChI=1S/C12H26N2O2/c1-5-8-14(6-2)9-7-13-11(3)10-12(15)16-4/h11,13H,5-10H2,1-4H3. The lowest BCUT2D eigenvalue weighted by Crippen LogP contribution is -2.37. The molecule has 0 aliphatic rings. The first-order chi connectivity index (χ1) is 7.63. The van der Waals surface area contributed by atoms with Gasteiger partial charge in [0.05, 0.1) is 13.5 Å². The van der Waals surface area contributed by atoms with Crippen LogP contribution in [0.25, 0.3) is 0 Å². The second-order valence-electron chi connectivity index (χ2n) is 4.07. The Morgan fingerprint density at radius 2 is 2.06 bits per heavy atom. The van der Waals surface area contributed by atoms with Gasteiger partial charge in [0.15, 0.2) is 0 Å². The van der Waals surface area contributed by atoms with E-state index in [0.29, 0.717) is 6.42 Å². The molecule has 0 radical (unpaired) electrons. The molecule has 1 N–H and O–H groups in total. The number of ether oxygens (including phenoxy) is 1. The summed E-state index contributed by atoms with van der Waals surface area (Å²) < 4.78 is 4.62. The Labute approximate surface area is 99.3 Å². The van der Waals surface area contributed by atoms with Gasteiger partial charge in [0.25, 0.3) is 0 Å². The summed E-state index contributed by atoms with van der Waals surface area (Å²) in [6.07, 6.45) is 1.63. The highest BCUT2D eigenvalue weighted by Gasteiger charge is 2.08. The fourth-order valence-electron chi connectivity index (χ4n) is 1.62. The summed E-state index contributed by atoms with van der Waals surface area (Å²) >= 11 is 0.